The van der Waals surface area contributed by atoms with Crippen LogP contribution in [0.2, 0.25) is 0 Å². The summed E-state index contributed by atoms with van der Waals surface area (Å²) in [5, 5.41) is 5.25. The van der Waals surface area contributed by atoms with Gasteiger partial charge in [0.1, 0.15) is 12.1 Å². The number of ether oxygens (including phenoxy) is 3. The highest BCUT2D eigenvalue weighted by Gasteiger charge is 2.47. The van der Waals surface area contributed by atoms with E-state index in [-0.39, 0.29) is 31.2 Å². The van der Waals surface area contributed by atoms with E-state index in [4.69, 9.17) is 14.2 Å². The molecule has 222 valence electrons. The minimum Gasteiger partial charge on any atom is -0.454 e. The van der Waals surface area contributed by atoms with Crippen LogP contribution in [0, 0.1) is 5.41 Å². The third kappa shape index (κ3) is 6.99. The number of hydrogen-bond acceptors (Lipinski definition) is 8. The predicted octanol–water partition coefficient (Wildman–Crippen LogP) is 3.55. The van der Waals surface area contributed by atoms with Gasteiger partial charge in [-0.3, -0.25) is 9.59 Å². The maximum atomic E-state index is 13.4. The lowest BCUT2D eigenvalue weighted by atomic mass is 9.90. The van der Waals surface area contributed by atoms with Crippen LogP contribution in [0.1, 0.15) is 58.6 Å². The molecule has 0 saturated carbocycles. The number of carbonyl (C=O) groups excluding carboxylic acids is 3. The van der Waals surface area contributed by atoms with Crippen LogP contribution in [-0.4, -0.2) is 62.5 Å². The average molecular weight is 588 g/mol. The number of fused-ring (bicyclic) bond motifs is 1. The van der Waals surface area contributed by atoms with Crippen molar-refractivity contribution in [1.29, 1.82) is 0 Å². The predicted molar refractivity (Wildman–Crippen MR) is 150 cm³/mol. The number of Topliss-reactive ketones (excluding diaryl/α,β-unsaturated/α-hetero) is 1. The minimum absolute atomic E-state index is 0.0239. The fourth-order valence-electron chi connectivity index (χ4n) is 4.85. The average Bonchev–Trinajstić information content (AvgIpc) is 3.54. The molecule has 0 bridgehead atoms. The van der Waals surface area contributed by atoms with Crippen molar-refractivity contribution < 1.29 is 37.0 Å². The van der Waals surface area contributed by atoms with Gasteiger partial charge in [0.2, 0.25) is 22.6 Å². The van der Waals surface area contributed by atoms with Gasteiger partial charge in [-0.15, -0.1) is 0 Å². The molecule has 2 heterocycles. The summed E-state index contributed by atoms with van der Waals surface area (Å²) in [5.74, 6) is -0.749. The molecule has 0 radical (unpaired) electrons. The summed E-state index contributed by atoms with van der Waals surface area (Å²) >= 11 is 0. The molecule has 41 heavy (non-hydrogen) atoms. The number of hydrogen-bond donors (Lipinski definition) is 2. The van der Waals surface area contributed by atoms with Gasteiger partial charge in [-0.2, -0.15) is 4.31 Å². The molecule has 0 spiro atoms. The van der Waals surface area contributed by atoms with E-state index in [2.05, 4.69) is 10.6 Å². The fourth-order valence-corrected chi connectivity index (χ4v) is 6.48. The van der Waals surface area contributed by atoms with Gasteiger partial charge in [0, 0.05) is 18.0 Å². The van der Waals surface area contributed by atoms with E-state index in [0.29, 0.717) is 17.9 Å². The lowest BCUT2D eigenvalue weighted by molar-refractivity contribution is -0.139. The number of amides is 2. The molecule has 2 aromatic carbocycles. The van der Waals surface area contributed by atoms with E-state index in [1.54, 1.807) is 26.8 Å². The normalized spacial score (nSPS) is 19.3. The van der Waals surface area contributed by atoms with Crippen molar-refractivity contribution in [3.05, 3.63) is 54.1 Å². The van der Waals surface area contributed by atoms with Crippen LogP contribution in [0.4, 0.5) is 4.79 Å². The van der Waals surface area contributed by atoms with Gasteiger partial charge in [-0.1, -0.05) is 63.9 Å². The number of carbonyl (C=O) groups is 3. The molecule has 3 atom stereocenters. The van der Waals surface area contributed by atoms with Gasteiger partial charge in [-0.25, -0.2) is 13.2 Å². The van der Waals surface area contributed by atoms with Crippen molar-refractivity contribution in [2.75, 3.05) is 19.9 Å². The zero-order chi connectivity index (χ0) is 29.8. The number of ketones is 1. The van der Waals surface area contributed by atoms with Gasteiger partial charge in [0.05, 0.1) is 17.5 Å². The highest BCUT2D eigenvalue weighted by molar-refractivity contribution is 7.89. The van der Waals surface area contributed by atoms with Crippen LogP contribution in [0.5, 0.6) is 11.5 Å². The van der Waals surface area contributed by atoms with Crippen molar-refractivity contribution in [2.24, 2.45) is 5.41 Å². The Morgan fingerprint density at radius 1 is 1.07 bits per heavy atom. The summed E-state index contributed by atoms with van der Waals surface area (Å²) in [7, 11) is -3.92. The number of unbranched alkanes of at least 4 members (excludes halogenated alkanes) is 1. The number of sulfonamides is 1. The first kappa shape index (κ1) is 30.3. The third-order valence-corrected chi connectivity index (χ3v) is 9.19. The van der Waals surface area contributed by atoms with Crippen molar-refractivity contribution in [3.63, 3.8) is 0 Å². The number of rotatable bonds is 11. The van der Waals surface area contributed by atoms with Gasteiger partial charge in [-0.05, 0) is 31.0 Å². The minimum atomic E-state index is -3.92. The van der Waals surface area contributed by atoms with E-state index in [1.807, 2.05) is 37.3 Å². The molecule has 2 aromatic rings. The summed E-state index contributed by atoms with van der Waals surface area (Å²) in [4.78, 5) is 38.8. The van der Waals surface area contributed by atoms with Gasteiger partial charge >= 0.3 is 6.09 Å². The molecular formula is C29H37N3O8S. The quantitative estimate of drug-likeness (QED) is 0.381. The number of alkyl carbamates (subject to hydrolysis) is 1. The molecular weight excluding hydrogens is 550 g/mol. The summed E-state index contributed by atoms with van der Waals surface area (Å²) in [6, 6.07) is 12.2. The third-order valence-electron chi connectivity index (χ3n) is 7.38. The van der Waals surface area contributed by atoms with Crippen molar-refractivity contribution >= 4 is 27.8 Å². The topological polar surface area (TPSA) is 140 Å². The SMILES string of the molecule is CCCC[C@H](NC(=O)O[C@@H]1CN(S(=O)(=O)c2ccc3c(c2)OCO3)CC1(C)C)C(=O)C(=O)N[C@H](C)c1ccccc1. The van der Waals surface area contributed by atoms with E-state index < -0.39 is 51.4 Å². The van der Waals surface area contributed by atoms with Crippen molar-refractivity contribution in [2.45, 2.75) is 70.0 Å². The van der Waals surface area contributed by atoms with Crippen LogP contribution in [0.15, 0.2) is 53.4 Å². The van der Waals surface area contributed by atoms with Crippen LogP contribution in [0.3, 0.4) is 0 Å². The second-order valence-corrected chi connectivity index (χ2v) is 12.9. The molecule has 1 fully saturated rings. The maximum Gasteiger partial charge on any atom is 0.408 e. The van der Waals surface area contributed by atoms with Gasteiger partial charge in [0.15, 0.2) is 11.5 Å². The van der Waals surface area contributed by atoms with E-state index in [0.717, 1.165) is 12.0 Å². The fraction of sp³-hybridized carbons (Fsp3) is 0.483. The molecule has 0 aromatic heterocycles. The van der Waals surface area contributed by atoms with Crippen molar-refractivity contribution in [1.82, 2.24) is 14.9 Å². The Bertz CT molecular complexity index is 1380. The maximum absolute atomic E-state index is 13.4. The summed E-state index contributed by atoms with van der Waals surface area (Å²) in [6.45, 7) is 7.38. The van der Waals surface area contributed by atoms with Crippen LogP contribution >= 0.6 is 0 Å². The lowest BCUT2D eigenvalue weighted by Gasteiger charge is -2.26. The van der Waals surface area contributed by atoms with E-state index >= 15 is 0 Å². The Hall–Kier alpha value is -3.64. The standard InChI is InChI=1S/C29H37N3O8S/c1-5-6-12-22(26(33)27(34)30-19(2)20-10-8-7-9-11-20)31-28(35)40-25-16-32(17-29(25,3)4)41(36,37)21-13-14-23-24(15-21)39-18-38-23/h7-11,13-15,19,22,25H,5-6,12,16-18H2,1-4H3,(H,30,34)(H,31,35)/t19-,22+,25-/m1/s1. The van der Waals surface area contributed by atoms with E-state index in [9.17, 15) is 22.8 Å². The zero-order valence-corrected chi connectivity index (χ0v) is 24.5. The molecule has 4 rings (SSSR count). The monoisotopic (exact) mass is 587 g/mol. The van der Waals surface area contributed by atoms with Gasteiger partial charge in [0.25, 0.3) is 5.91 Å². The Balaban J connectivity index is 1.40. The molecule has 12 heteroatoms. The smallest absolute Gasteiger partial charge is 0.408 e. The summed E-state index contributed by atoms with van der Waals surface area (Å²) in [5.41, 5.74) is 0.126. The number of nitrogens with zero attached hydrogens (tertiary/aromatic N) is 1. The summed E-state index contributed by atoms with van der Waals surface area (Å²) < 4.78 is 44.3. The first-order valence-corrected chi connectivity index (χ1v) is 15.1. The molecule has 2 aliphatic rings. The Morgan fingerprint density at radius 3 is 2.49 bits per heavy atom. The van der Waals surface area contributed by atoms with Crippen LogP contribution < -0.4 is 20.1 Å². The first-order chi connectivity index (χ1) is 19.4. The zero-order valence-electron chi connectivity index (χ0n) is 23.7. The molecule has 1 saturated heterocycles. The number of benzene rings is 2. The molecule has 2 N–H and O–H groups in total. The lowest BCUT2D eigenvalue weighted by Crippen LogP contribution is -2.49. The van der Waals surface area contributed by atoms with Crippen LogP contribution in [0.25, 0.3) is 0 Å². The number of nitrogens with one attached hydrogen (secondary N) is 2. The Labute approximate surface area is 240 Å². The van der Waals surface area contributed by atoms with Gasteiger partial charge < -0.3 is 24.8 Å². The van der Waals surface area contributed by atoms with Crippen LogP contribution in [-0.2, 0) is 24.3 Å². The Kier molecular flexibility index (Phi) is 9.23. The molecule has 2 aliphatic heterocycles. The van der Waals surface area contributed by atoms with E-state index in [1.165, 1.54) is 16.4 Å². The largest absolute Gasteiger partial charge is 0.454 e. The summed E-state index contributed by atoms with van der Waals surface area (Å²) in [6.07, 6.45) is -0.0561. The molecule has 0 aliphatic carbocycles. The molecule has 2 amide bonds. The highest BCUT2D eigenvalue weighted by atomic mass is 32.2. The second-order valence-electron chi connectivity index (χ2n) is 11.0. The highest BCUT2D eigenvalue weighted by Crippen LogP contribution is 2.38. The molecule has 0 unspecified atom stereocenters. The Morgan fingerprint density at radius 2 is 1.78 bits per heavy atom. The second kappa shape index (κ2) is 12.5. The van der Waals surface area contributed by atoms with Crippen molar-refractivity contribution in [3.8, 4) is 11.5 Å². The molecule has 11 nitrogen and oxygen atoms in total. The first-order valence-electron chi connectivity index (χ1n) is 13.7.